The van der Waals surface area contributed by atoms with Crippen LogP contribution < -0.4 is 5.32 Å². The van der Waals surface area contributed by atoms with E-state index >= 15 is 0 Å². The molecule has 0 heterocycles. The standard InChI is InChI=1S/C8H17N/c1-4-8(3)6-7-9-5-2/h4,9H,5-7H2,1-3H3/b8-4+. The molecule has 0 bridgehead atoms. The molecule has 0 saturated carbocycles. The van der Waals surface area contributed by atoms with Crippen molar-refractivity contribution in [2.75, 3.05) is 13.1 Å². The molecule has 54 valence electrons. The lowest BCUT2D eigenvalue weighted by atomic mass is 10.2. The quantitative estimate of drug-likeness (QED) is 0.449. The highest BCUT2D eigenvalue weighted by atomic mass is 14.8. The number of rotatable bonds is 4. The summed E-state index contributed by atoms with van der Waals surface area (Å²) in [4.78, 5) is 0. The van der Waals surface area contributed by atoms with Gasteiger partial charge in [0.1, 0.15) is 0 Å². The molecule has 0 spiro atoms. The van der Waals surface area contributed by atoms with E-state index in [9.17, 15) is 0 Å². The fraction of sp³-hybridized carbons (Fsp3) is 0.750. The number of hydrogen-bond acceptors (Lipinski definition) is 1. The molecular weight excluding hydrogens is 110 g/mol. The molecular formula is C8H17N. The van der Waals surface area contributed by atoms with Gasteiger partial charge >= 0.3 is 0 Å². The molecule has 0 aliphatic heterocycles. The zero-order valence-electron chi connectivity index (χ0n) is 6.70. The molecule has 0 radical (unpaired) electrons. The van der Waals surface area contributed by atoms with Crippen molar-refractivity contribution in [1.82, 2.24) is 5.32 Å². The summed E-state index contributed by atoms with van der Waals surface area (Å²) < 4.78 is 0. The van der Waals surface area contributed by atoms with Crippen LogP contribution in [0, 0.1) is 0 Å². The summed E-state index contributed by atoms with van der Waals surface area (Å²) in [7, 11) is 0. The van der Waals surface area contributed by atoms with Crippen molar-refractivity contribution in [3.8, 4) is 0 Å². The van der Waals surface area contributed by atoms with Crippen molar-refractivity contribution >= 4 is 0 Å². The van der Waals surface area contributed by atoms with Gasteiger partial charge in [0.05, 0.1) is 0 Å². The van der Waals surface area contributed by atoms with Crippen LogP contribution in [0.15, 0.2) is 11.6 Å². The maximum atomic E-state index is 3.27. The Balaban J connectivity index is 3.07. The molecule has 9 heavy (non-hydrogen) atoms. The molecule has 1 N–H and O–H groups in total. The Labute approximate surface area is 58.2 Å². The van der Waals surface area contributed by atoms with Crippen LogP contribution >= 0.6 is 0 Å². The number of allylic oxidation sites excluding steroid dienone is 1. The highest BCUT2D eigenvalue weighted by molar-refractivity contribution is 4.95. The van der Waals surface area contributed by atoms with Gasteiger partial charge in [0.2, 0.25) is 0 Å². The van der Waals surface area contributed by atoms with Gasteiger partial charge in [-0.3, -0.25) is 0 Å². The number of hydrogen-bond donors (Lipinski definition) is 1. The highest BCUT2D eigenvalue weighted by Gasteiger charge is 1.84. The lowest BCUT2D eigenvalue weighted by molar-refractivity contribution is 0.712. The van der Waals surface area contributed by atoms with Crippen LogP contribution in [0.3, 0.4) is 0 Å². The Morgan fingerprint density at radius 2 is 2.22 bits per heavy atom. The van der Waals surface area contributed by atoms with E-state index < -0.39 is 0 Å². The topological polar surface area (TPSA) is 12.0 Å². The predicted octanol–water partition coefficient (Wildman–Crippen LogP) is 1.95. The molecule has 0 aliphatic carbocycles. The Morgan fingerprint density at radius 3 is 2.67 bits per heavy atom. The van der Waals surface area contributed by atoms with Crippen LogP contribution in [0.4, 0.5) is 0 Å². The lowest BCUT2D eigenvalue weighted by Crippen LogP contribution is -2.13. The van der Waals surface area contributed by atoms with Gasteiger partial charge in [0, 0.05) is 0 Å². The monoisotopic (exact) mass is 127 g/mol. The Bertz CT molecular complexity index is 84.6. The smallest absolute Gasteiger partial charge is 0.00118 e. The number of nitrogens with one attached hydrogen (secondary N) is 1. The van der Waals surface area contributed by atoms with Crippen molar-refractivity contribution in [3.63, 3.8) is 0 Å². The minimum absolute atomic E-state index is 1.08. The van der Waals surface area contributed by atoms with Gasteiger partial charge in [-0.15, -0.1) is 0 Å². The van der Waals surface area contributed by atoms with E-state index in [0.717, 1.165) is 13.1 Å². The molecule has 0 fully saturated rings. The first-order valence-corrected chi connectivity index (χ1v) is 3.63. The van der Waals surface area contributed by atoms with E-state index in [0.29, 0.717) is 0 Å². The Morgan fingerprint density at radius 1 is 1.56 bits per heavy atom. The summed E-state index contributed by atoms with van der Waals surface area (Å²) in [5, 5.41) is 3.27. The SMILES string of the molecule is C/C=C(\C)CCNCC. The predicted molar refractivity (Wildman–Crippen MR) is 42.6 cm³/mol. The average molecular weight is 127 g/mol. The minimum Gasteiger partial charge on any atom is -0.317 e. The molecule has 0 unspecified atom stereocenters. The first-order chi connectivity index (χ1) is 4.31. The summed E-state index contributed by atoms with van der Waals surface area (Å²) in [6.07, 6.45) is 3.35. The van der Waals surface area contributed by atoms with Crippen molar-refractivity contribution in [2.24, 2.45) is 0 Å². The fourth-order valence-corrected chi connectivity index (χ4v) is 0.607. The van der Waals surface area contributed by atoms with Crippen molar-refractivity contribution in [2.45, 2.75) is 27.2 Å². The summed E-state index contributed by atoms with van der Waals surface area (Å²) in [6, 6.07) is 0. The minimum atomic E-state index is 1.08. The van der Waals surface area contributed by atoms with Crippen molar-refractivity contribution in [1.29, 1.82) is 0 Å². The molecule has 0 saturated heterocycles. The highest BCUT2D eigenvalue weighted by Crippen LogP contribution is 1.95. The molecule has 1 nitrogen and oxygen atoms in total. The van der Waals surface area contributed by atoms with Gasteiger partial charge in [-0.2, -0.15) is 0 Å². The third-order valence-corrected chi connectivity index (χ3v) is 1.44. The van der Waals surface area contributed by atoms with Crippen LogP contribution in [0.1, 0.15) is 27.2 Å². The molecule has 0 aromatic rings. The molecule has 0 aromatic heterocycles. The van der Waals surface area contributed by atoms with E-state index in [1.54, 1.807) is 0 Å². The van der Waals surface area contributed by atoms with Crippen molar-refractivity contribution < 1.29 is 0 Å². The van der Waals surface area contributed by atoms with Crippen LogP contribution in [0.2, 0.25) is 0 Å². The average Bonchev–Trinajstić information content (AvgIpc) is 1.89. The summed E-state index contributed by atoms with van der Waals surface area (Å²) in [5.41, 5.74) is 1.47. The van der Waals surface area contributed by atoms with E-state index in [-0.39, 0.29) is 0 Å². The molecule has 0 aromatic carbocycles. The third-order valence-electron chi connectivity index (χ3n) is 1.44. The van der Waals surface area contributed by atoms with Gasteiger partial charge < -0.3 is 5.32 Å². The maximum absolute atomic E-state index is 3.27. The Hall–Kier alpha value is -0.300. The van der Waals surface area contributed by atoms with Crippen LogP contribution in [0.25, 0.3) is 0 Å². The van der Waals surface area contributed by atoms with Gasteiger partial charge in [0.25, 0.3) is 0 Å². The molecule has 0 amide bonds. The van der Waals surface area contributed by atoms with Gasteiger partial charge in [-0.1, -0.05) is 18.6 Å². The lowest BCUT2D eigenvalue weighted by Gasteiger charge is -1.99. The summed E-state index contributed by atoms with van der Waals surface area (Å²) in [6.45, 7) is 8.58. The second-order valence-corrected chi connectivity index (χ2v) is 2.24. The van der Waals surface area contributed by atoms with Crippen LogP contribution in [-0.2, 0) is 0 Å². The van der Waals surface area contributed by atoms with E-state index in [2.05, 4.69) is 32.2 Å². The zero-order chi connectivity index (χ0) is 7.11. The third kappa shape index (κ3) is 5.57. The van der Waals surface area contributed by atoms with Crippen LogP contribution in [-0.4, -0.2) is 13.1 Å². The first-order valence-electron chi connectivity index (χ1n) is 3.63. The van der Waals surface area contributed by atoms with Gasteiger partial charge in [0.15, 0.2) is 0 Å². The second kappa shape index (κ2) is 5.83. The van der Waals surface area contributed by atoms with E-state index in [1.165, 1.54) is 12.0 Å². The van der Waals surface area contributed by atoms with Crippen molar-refractivity contribution in [3.05, 3.63) is 11.6 Å². The molecule has 0 rings (SSSR count). The zero-order valence-corrected chi connectivity index (χ0v) is 6.70. The fourth-order valence-electron chi connectivity index (χ4n) is 0.607. The molecule has 0 atom stereocenters. The Kier molecular flexibility index (Phi) is 5.64. The second-order valence-electron chi connectivity index (χ2n) is 2.24. The van der Waals surface area contributed by atoms with E-state index in [4.69, 9.17) is 0 Å². The summed E-state index contributed by atoms with van der Waals surface area (Å²) >= 11 is 0. The molecule has 1 heteroatoms. The normalized spacial score (nSPS) is 12.1. The van der Waals surface area contributed by atoms with Gasteiger partial charge in [-0.25, -0.2) is 0 Å². The van der Waals surface area contributed by atoms with Gasteiger partial charge in [-0.05, 0) is 33.4 Å². The summed E-state index contributed by atoms with van der Waals surface area (Å²) in [5.74, 6) is 0. The first kappa shape index (κ1) is 8.70. The largest absolute Gasteiger partial charge is 0.317 e. The maximum Gasteiger partial charge on any atom is -0.00118 e. The van der Waals surface area contributed by atoms with E-state index in [1.807, 2.05) is 0 Å². The van der Waals surface area contributed by atoms with Crippen LogP contribution in [0.5, 0.6) is 0 Å². The molecule has 0 aliphatic rings.